The van der Waals surface area contributed by atoms with Gasteiger partial charge in [-0.2, -0.15) is 0 Å². The number of sulfonamides is 1. The molecule has 1 N–H and O–H groups in total. The largest absolute Gasteiger partial charge is 0.354 e. The molecule has 0 fully saturated rings. The molecule has 12 heteroatoms. The van der Waals surface area contributed by atoms with Crippen LogP contribution in [-0.2, 0) is 32.6 Å². The van der Waals surface area contributed by atoms with Crippen molar-refractivity contribution in [2.45, 2.75) is 38.8 Å². The highest BCUT2D eigenvalue weighted by atomic mass is 35.5. The number of hydrogen-bond acceptors (Lipinski definition) is 4. The minimum atomic E-state index is -3.96. The Morgan fingerprint density at radius 2 is 1.56 bits per heavy atom. The molecule has 220 valence electrons. The molecule has 0 radical (unpaired) electrons. The molecule has 0 saturated heterocycles. The first kappa shape index (κ1) is 33.0. The number of carbonyl (C=O) groups excluding carboxylic acids is 2. The molecule has 0 aliphatic rings. The van der Waals surface area contributed by atoms with Gasteiger partial charge in [-0.15, -0.1) is 0 Å². The number of halogens is 4. The molecular weight excluding hydrogens is 628 g/mol. The molecule has 0 aromatic heterocycles. The van der Waals surface area contributed by atoms with Crippen LogP contribution in [0.4, 0.5) is 5.69 Å². The van der Waals surface area contributed by atoms with Crippen LogP contribution in [0.25, 0.3) is 0 Å². The number of benzene rings is 3. The summed E-state index contributed by atoms with van der Waals surface area (Å²) in [6, 6.07) is 17.4. The van der Waals surface area contributed by atoms with Crippen LogP contribution in [0.15, 0.2) is 66.7 Å². The number of unbranched alkanes of at least 4 members (excludes halogenated alkanes) is 1. The average Bonchev–Trinajstić information content (AvgIpc) is 2.89. The third kappa shape index (κ3) is 9.79. The lowest BCUT2D eigenvalue weighted by molar-refractivity contribution is -0.140. The molecule has 3 aromatic rings. The SMILES string of the molecule is CCCCNC(=O)[C@H](Cc1ccccc1)N(Cc1ccc(Cl)cc1Cl)C(=O)CN(c1cc(Cl)cc(Cl)c1)S(C)(=O)=O. The number of rotatable bonds is 13. The third-order valence-electron chi connectivity index (χ3n) is 6.27. The summed E-state index contributed by atoms with van der Waals surface area (Å²) < 4.78 is 26.7. The van der Waals surface area contributed by atoms with Crippen molar-refractivity contribution in [3.8, 4) is 0 Å². The first-order chi connectivity index (χ1) is 19.4. The van der Waals surface area contributed by atoms with Gasteiger partial charge in [-0.1, -0.05) is 96.1 Å². The Balaban J connectivity index is 2.08. The Morgan fingerprint density at radius 1 is 0.902 bits per heavy atom. The minimum Gasteiger partial charge on any atom is -0.354 e. The minimum absolute atomic E-state index is 0.0680. The monoisotopic (exact) mass is 657 g/mol. The summed E-state index contributed by atoms with van der Waals surface area (Å²) in [5.74, 6) is -0.985. The van der Waals surface area contributed by atoms with Crippen molar-refractivity contribution in [1.29, 1.82) is 0 Å². The Bertz CT molecular complexity index is 1450. The molecule has 2 amide bonds. The van der Waals surface area contributed by atoms with E-state index in [2.05, 4.69) is 5.32 Å². The van der Waals surface area contributed by atoms with E-state index >= 15 is 0 Å². The van der Waals surface area contributed by atoms with Crippen molar-refractivity contribution in [2.75, 3.05) is 23.7 Å². The van der Waals surface area contributed by atoms with E-state index in [0.29, 0.717) is 22.2 Å². The summed E-state index contributed by atoms with van der Waals surface area (Å²) in [5, 5.41) is 4.05. The molecule has 0 saturated carbocycles. The van der Waals surface area contributed by atoms with Crippen molar-refractivity contribution in [3.05, 3.63) is 97.9 Å². The molecule has 3 aromatic carbocycles. The van der Waals surface area contributed by atoms with Crippen LogP contribution in [0.5, 0.6) is 0 Å². The Labute approximate surface area is 261 Å². The van der Waals surface area contributed by atoms with Crippen LogP contribution in [0.3, 0.4) is 0 Å². The second-order valence-electron chi connectivity index (χ2n) is 9.50. The number of nitrogens with zero attached hydrogens (tertiary/aromatic N) is 2. The predicted octanol–water partition coefficient (Wildman–Crippen LogP) is 6.62. The molecule has 3 rings (SSSR count). The molecule has 0 spiro atoms. The summed E-state index contributed by atoms with van der Waals surface area (Å²) in [6.45, 7) is 1.77. The van der Waals surface area contributed by atoms with Gasteiger partial charge >= 0.3 is 0 Å². The third-order valence-corrected chi connectivity index (χ3v) is 8.43. The van der Waals surface area contributed by atoms with Gasteiger partial charge in [0.2, 0.25) is 21.8 Å². The lowest BCUT2D eigenvalue weighted by Gasteiger charge is -2.33. The number of carbonyl (C=O) groups is 2. The lowest BCUT2D eigenvalue weighted by atomic mass is 10.0. The van der Waals surface area contributed by atoms with Crippen molar-refractivity contribution in [1.82, 2.24) is 10.2 Å². The van der Waals surface area contributed by atoms with E-state index < -0.39 is 28.5 Å². The fourth-order valence-corrected chi connectivity index (χ4v) is 6.01. The van der Waals surface area contributed by atoms with Gasteiger partial charge in [0.1, 0.15) is 12.6 Å². The highest BCUT2D eigenvalue weighted by molar-refractivity contribution is 7.92. The van der Waals surface area contributed by atoms with Gasteiger partial charge < -0.3 is 10.2 Å². The van der Waals surface area contributed by atoms with Gasteiger partial charge in [0.15, 0.2) is 0 Å². The van der Waals surface area contributed by atoms with Gasteiger partial charge in [-0.3, -0.25) is 13.9 Å². The Kier molecular flexibility index (Phi) is 12.2. The van der Waals surface area contributed by atoms with E-state index in [1.807, 2.05) is 37.3 Å². The second-order valence-corrected chi connectivity index (χ2v) is 13.1. The topological polar surface area (TPSA) is 86.8 Å². The summed E-state index contributed by atoms with van der Waals surface area (Å²) in [6.07, 6.45) is 2.81. The summed E-state index contributed by atoms with van der Waals surface area (Å²) in [5.41, 5.74) is 1.49. The highest BCUT2D eigenvalue weighted by Gasteiger charge is 2.33. The molecule has 0 heterocycles. The van der Waals surface area contributed by atoms with Gasteiger partial charge in [0, 0.05) is 39.6 Å². The Morgan fingerprint density at radius 3 is 2.15 bits per heavy atom. The normalized spacial score (nSPS) is 12.0. The molecule has 0 aliphatic heterocycles. The maximum atomic E-state index is 14.1. The average molecular weight is 659 g/mol. The van der Waals surface area contributed by atoms with Gasteiger partial charge in [0.25, 0.3) is 0 Å². The summed E-state index contributed by atoms with van der Waals surface area (Å²) >= 11 is 24.9. The van der Waals surface area contributed by atoms with E-state index in [1.54, 1.807) is 18.2 Å². The van der Waals surface area contributed by atoms with Crippen molar-refractivity contribution in [3.63, 3.8) is 0 Å². The maximum Gasteiger partial charge on any atom is 0.244 e. The van der Waals surface area contributed by atoms with Crippen LogP contribution >= 0.6 is 46.4 Å². The number of nitrogens with one attached hydrogen (secondary N) is 1. The standard InChI is InChI=1S/C29H31Cl4N3O4S/c1-3-4-12-34-29(38)27(13-20-8-6-5-7-9-20)35(18-21-10-11-22(30)17-26(21)33)28(37)19-36(41(2,39)40)25-15-23(31)14-24(32)16-25/h5-11,14-17,27H,3-4,12-13,18-19H2,1-2H3,(H,34,38)/t27-/m0/s1. The quantitative estimate of drug-likeness (QED) is 0.209. The predicted molar refractivity (Wildman–Crippen MR) is 168 cm³/mol. The first-order valence-corrected chi connectivity index (χ1v) is 16.2. The van der Waals surface area contributed by atoms with Gasteiger partial charge in [0.05, 0.1) is 11.9 Å². The molecule has 7 nitrogen and oxygen atoms in total. The van der Waals surface area contributed by atoms with E-state index in [1.165, 1.54) is 23.1 Å². The zero-order valence-corrected chi connectivity index (χ0v) is 26.5. The van der Waals surface area contributed by atoms with E-state index in [-0.39, 0.29) is 34.6 Å². The van der Waals surface area contributed by atoms with Crippen LogP contribution in [0.1, 0.15) is 30.9 Å². The zero-order chi connectivity index (χ0) is 30.2. The highest BCUT2D eigenvalue weighted by Crippen LogP contribution is 2.28. The Hall–Kier alpha value is -2.49. The van der Waals surface area contributed by atoms with Crippen LogP contribution in [0.2, 0.25) is 20.1 Å². The molecule has 41 heavy (non-hydrogen) atoms. The van der Waals surface area contributed by atoms with Crippen LogP contribution in [0, 0.1) is 0 Å². The van der Waals surface area contributed by atoms with Crippen molar-refractivity contribution < 1.29 is 18.0 Å². The van der Waals surface area contributed by atoms with Crippen LogP contribution < -0.4 is 9.62 Å². The first-order valence-electron chi connectivity index (χ1n) is 12.9. The van der Waals surface area contributed by atoms with E-state index in [9.17, 15) is 18.0 Å². The molecular formula is C29H31Cl4N3O4S. The lowest BCUT2D eigenvalue weighted by Crippen LogP contribution is -2.53. The zero-order valence-electron chi connectivity index (χ0n) is 22.6. The van der Waals surface area contributed by atoms with E-state index in [4.69, 9.17) is 46.4 Å². The number of anilines is 1. The summed E-state index contributed by atoms with van der Waals surface area (Å²) in [7, 11) is -3.96. The fourth-order valence-electron chi connectivity index (χ4n) is 4.19. The fraction of sp³-hybridized carbons (Fsp3) is 0.310. The molecule has 0 aliphatic carbocycles. The van der Waals surface area contributed by atoms with E-state index in [0.717, 1.165) is 29.0 Å². The molecule has 0 bridgehead atoms. The smallest absolute Gasteiger partial charge is 0.244 e. The number of hydrogen-bond donors (Lipinski definition) is 1. The van der Waals surface area contributed by atoms with Gasteiger partial charge in [-0.25, -0.2) is 8.42 Å². The van der Waals surface area contributed by atoms with Gasteiger partial charge in [-0.05, 0) is 47.9 Å². The van der Waals surface area contributed by atoms with Crippen molar-refractivity contribution >= 4 is 73.9 Å². The second kappa shape index (κ2) is 15.1. The maximum absolute atomic E-state index is 14.1. The number of amides is 2. The summed E-state index contributed by atoms with van der Waals surface area (Å²) in [4.78, 5) is 29.1. The molecule has 1 atom stereocenters. The van der Waals surface area contributed by atoms with Crippen LogP contribution in [-0.4, -0.2) is 50.5 Å². The van der Waals surface area contributed by atoms with Crippen molar-refractivity contribution in [2.24, 2.45) is 0 Å². The molecule has 0 unspecified atom stereocenters.